The van der Waals surface area contributed by atoms with Gasteiger partial charge in [0.2, 0.25) is 5.95 Å². The molecular weight excluding hydrogens is 349 g/mol. The fourth-order valence-electron chi connectivity index (χ4n) is 2.54. The first-order valence-corrected chi connectivity index (χ1v) is 7.94. The predicted octanol–water partition coefficient (Wildman–Crippen LogP) is 2.49. The van der Waals surface area contributed by atoms with E-state index in [-0.39, 0.29) is 5.95 Å². The van der Waals surface area contributed by atoms with E-state index >= 15 is 0 Å². The molecule has 0 atom stereocenters. The van der Waals surface area contributed by atoms with Crippen LogP contribution < -0.4 is 11.1 Å². The van der Waals surface area contributed by atoms with Gasteiger partial charge in [0, 0.05) is 29.6 Å². The maximum absolute atomic E-state index is 13.5. The molecule has 134 valence electrons. The summed E-state index contributed by atoms with van der Waals surface area (Å²) in [6, 6.07) is 3.16. The predicted molar refractivity (Wildman–Crippen MR) is 97.3 cm³/mol. The molecular formula is C17H14FN9. The zero-order valence-corrected chi connectivity index (χ0v) is 14.2. The van der Waals surface area contributed by atoms with Crippen LogP contribution in [0.2, 0.25) is 0 Å². The molecule has 10 heteroatoms. The fourth-order valence-corrected chi connectivity index (χ4v) is 2.54. The van der Waals surface area contributed by atoms with Crippen molar-refractivity contribution in [2.45, 2.75) is 6.92 Å². The quantitative estimate of drug-likeness (QED) is 0.504. The molecule has 27 heavy (non-hydrogen) atoms. The summed E-state index contributed by atoms with van der Waals surface area (Å²) in [5, 5.41) is 9.76. The molecule has 0 saturated heterocycles. The molecule has 4 heterocycles. The highest BCUT2D eigenvalue weighted by Crippen LogP contribution is 2.30. The van der Waals surface area contributed by atoms with Crippen LogP contribution in [0.5, 0.6) is 0 Å². The van der Waals surface area contributed by atoms with Crippen LogP contribution >= 0.6 is 0 Å². The maximum Gasteiger partial charge on any atom is 0.223 e. The molecule has 0 saturated carbocycles. The van der Waals surface area contributed by atoms with E-state index in [1.807, 2.05) is 6.07 Å². The number of pyridine rings is 2. The van der Waals surface area contributed by atoms with E-state index in [9.17, 15) is 4.39 Å². The summed E-state index contributed by atoms with van der Waals surface area (Å²) < 4.78 is 13.5. The minimum Gasteiger partial charge on any atom is -0.368 e. The Balaban J connectivity index is 1.84. The lowest BCUT2D eigenvalue weighted by atomic mass is 10.1. The number of halogens is 1. The van der Waals surface area contributed by atoms with Crippen LogP contribution in [0.25, 0.3) is 22.5 Å². The first kappa shape index (κ1) is 16.5. The molecule has 4 N–H and O–H groups in total. The summed E-state index contributed by atoms with van der Waals surface area (Å²) in [5.41, 5.74) is 8.45. The number of hydrogen-bond donors (Lipinski definition) is 3. The van der Waals surface area contributed by atoms with Crippen molar-refractivity contribution in [3.05, 3.63) is 54.8 Å². The smallest absolute Gasteiger partial charge is 0.223 e. The minimum absolute atomic E-state index is 0.101. The highest BCUT2D eigenvalue weighted by Gasteiger charge is 2.14. The van der Waals surface area contributed by atoms with Crippen LogP contribution in [-0.2, 0) is 0 Å². The van der Waals surface area contributed by atoms with Crippen molar-refractivity contribution in [3.63, 3.8) is 0 Å². The molecule has 4 aromatic rings. The van der Waals surface area contributed by atoms with Gasteiger partial charge in [0.1, 0.15) is 17.5 Å². The second-order valence-electron chi connectivity index (χ2n) is 5.69. The van der Waals surface area contributed by atoms with Crippen LogP contribution in [0.15, 0.2) is 43.1 Å². The molecule has 4 aromatic heterocycles. The lowest BCUT2D eigenvalue weighted by Crippen LogP contribution is -2.05. The highest BCUT2D eigenvalue weighted by molar-refractivity contribution is 5.79. The molecule has 9 nitrogen and oxygen atoms in total. The van der Waals surface area contributed by atoms with Crippen LogP contribution in [-0.4, -0.2) is 35.1 Å². The Morgan fingerprint density at radius 3 is 2.67 bits per heavy atom. The average molecular weight is 363 g/mol. The van der Waals surface area contributed by atoms with Crippen LogP contribution in [0, 0.1) is 12.7 Å². The Morgan fingerprint density at radius 2 is 1.93 bits per heavy atom. The Morgan fingerprint density at radius 1 is 1.04 bits per heavy atom. The van der Waals surface area contributed by atoms with E-state index in [0.29, 0.717) is 28.7 Å². The number of H-pyrrole nitrogens is 1. The average Bonchev–Trinajstić information content (AvgIpc) is 3.16. The monoisotopic (exact) mass is 363 g/mol. The molecule has 4 rings (SSSR count). The number of nitrogens with zero attached hydrogens (tertiary/aromatic N) is 6. The number of aryl methyl sites for hydroxylation is 1. The fraction of sp³-hybridized carbons (Fsp3) is 0.0588. The molecule has 0 aromatic carbocycles. The zero-order valence-electron chi connectivity index (χ0n) is 14.2. The highest BCUT2D eigenvalue weighted by atomic mass is 19.1. The van der Waals surface area contributed by atoms with E-state index < -0.39 is 5.82 Å². The number of aromatic nitrogens is 7. The molecule has 0 amide bonds. The van der Waals surface area contributed by atoms with Crippen LogP contribution in [0.1, 0.15) is 5.82 Å². The Labute approximate surface area is 153 Å². The molecule has 0 radical (unpaired) electrons. The number of hydrogen-bond acceptors (Lipinski definition) is 8. The number of nitrogen functional groups attached to an aromatic ring is 1. The lowest BCUT2D eigenvalue weighted by Gasteiger charge is -2.12. The summed E-state index contributed by atoms with van der Waals surface area (Å²) in [4.78, 5) is 20.8. The molecule has 0 bridgehead atoms. The maximum atomic E-state index is 13.5. The van der Waals surface area contributed by atoms with Crippen molar-refractivity contribution >= 4 is 17.5 Å². The van der Waals surface area contributed by atoms with Gasteiger partial charge in [-0.15, -0.1) is 0 Å². The third kappa shape index (κ3) is 3.54. The summed E-state index contributed by atoms with van der Waals surface area (Å²) in [6.07, 6.45) is 7.71. The van der Waals surface area contributed by atoms with E-state index in [1.165, 1.54) is 12.3 Å². The summed E-state index contributed by atoms with van der Waals surface area (Å²) in [6.45, 7) is 1.72. The summed E-state index contributed by atoms with van der Waals surface area (Å²) in [7, 11) is 0. The second kappa shape index (κ2) is 6.75. The molecule has 0 unspecified atom stereocenters. The van der Waals surface area contributed by atoms with Crippen molar-refractivity contribution in [1.82, 2.24) is 35.1 Å². The van der Waals surface area contributed by atoms with Gasteiger partial charge in [-0.1, -0.05) is 0 Å². The van der Waals surface area contributed by atoms with Crippen molar-refractivity contribution in [2.75, 3.05) is 11.1 Å². The number of aromatic amines is 1. The Hall–Kier alpha value is -3.95. The van der Waals surface area contributed by atoms with Gasteiger partial charge in [-0.25, -0.2) is 14.4 Å². The third-order valence-electron chi connectivity index (χ3n) is 3.69. The van der Waals surface area contributed by atoms with Gasteiger partial charge < -0.3 is 11.1 Å². The zero-order chi connectivity index (χ0) is 18.8. The lowest BCUT2D eigenvalue weighted by molar-refractivity contribution is 0.622. The number of nitrogens with one attached hydrogen (secondary N) is 2. The van der Waals surface area contributed by atoms with Gasteiger partial charge in [-0.2, -0.15) is 15.1 Å². The van der Waals surface area contributed by atoms with E-state index in [2.05, 4.69) is 40.4 Å². The summed E-state index contributed by atoms with van der Waals surface area (Å²) >= 11 is 0. The standard InChI is InChI=1S/C17H14FN9/c1-9-24-16(27-17(19)25-9)14-2-10(11-5-22-23-6-11)4-21-15(14)26-13-3-12(18)7-20-8-13/h2-8H,1H3,(H,21,26)(H,22,23)(H2,19,24,25,27). The topological polar surface area (TPSA) is 131 Å². The van der Waals surface area contributed by atoms with Crippen LogP contribution in [0.3, 0.4) is 0 Å². The number of rotatable bonds is 4. The van der Waals surface area contributed by atoms with E-state index in [4.69, 9.17) is 5.73 Å². The Kier molecular flexibility index (Phi) is 4.13. The van der Waals surface area contributed by atoms with Gasteiger partial charge >= 0.3 is 0 Å². The van der Waals surface area contributed by atoms with Gasteiger partial charge in [0.15, 0.2) is 5.82 Å². The van der Waals surface area contributed by atoms with Gasteiger partial charge in [0.25, 0.3) is 0 Å². The first-order valence-electron chi connectivity index (χ1n) is 7.94. The number of anilines is 3. The van der Waals surface area contributed by atoms with Crippen molar-refractivity contribution < 1.29 is 4.39 Å². The summed E-state index contributed by atoms with van der Waals surface area (Å²) in [5.74, 6) is 0.898. The van der Waals surface area contributed by atoms with Gasteiger partial charge in [0.05, 0.1) is 29.8 Å². The van der Waals surface area contributed by atoms with Gasteiger partial charge in [-0.05, 0) is 13.0 Å². The van der Waals surface area contributed by atoms with Gasteiger partial charge in [-0.3, -0.25) is 10.1 Å². The normalized spacial score (nSPS) is 10.7. The molecule has 0 aliphatic carbocycles. The minimum atomic E-state index is -0.461. The van der Waals surface area contributed by atoms with Crippen LogP contribution in [0.4, 0.5) is 21.8 Å². The first-order chi connectivity index (χ1) is 13.1. The second-order valence-corrected chi connectivity index (χ2v) is 5.69. The van der Waals surface area contributed by atoms with Crippen molar-refractivity contribution in [1.29, 1.82) is 0 Å². The molecule has 0 spiro atoms. The molecule has 0 aliphatic rings. The third-order valence-corrected chi connectivity index (χ3v) is 3.69. The largest absolute Gasteiger partial charge is 0.368 e. The SMILES string of the molecule is Cc1nc(N)nc(-c2cc(-c3cn[nH]c3)cnc2Nc2cncc(F)c2)n1. The Bertz CT molecular complexity index is 1080. The molecule has 0 aliphatic heterocycles. The van der Waals surface area contributed by atoms with E-state index in [0.717, 1.165) is 17.3 Å². The van der Waals surface area contributed by atoms with Crippen molar-refractivity contribution in [2.24, 2.45) is 0 Å². The number of nitrogens with two attached hydrogens (primary N) is 1. The van der Waals surface area contributed by atoms with E-state index in [1.54, 1.807) is 25.5 Å². The van der Waals surface area contributed by atoms with Crippen molar-refractivity contribution in [3.8, 4) is 22.5 Å². The molecule has 0 fully saturated rings.